The lowest BCUT2D eigenvalue weighted by molar-refractivity contribution is -0.0311. The van der Waals surface area contributed by atoms with Crippen LogP contribution in [0.3, 0.4) is 0 Å². The van der Waals surface area contributed by atoms with Crippen LogP contribution in [0.25, 0.3) is 0 Å². The minimum Gasteiger partial charge on any atom is -0.384 e. The molecule has 1 saturated heterocycles. The Hall–Kier alpha value is -1.68. The largest absolute Gasteiger partial charge is 0.384 e. The van der Waals surface area contributed by atoms with Crippen molar-refractivity contribution in [3.8, 4) is 0 Å². The van der Waals surface area contributed by atoms with E-state index in [4.69, 9.17) is 4.74 Å². The highest BCUT2D eigenvalue weighted by Crippen LogP contribution is 2.42. The third-order valence-electron chi connectivity index (χ3n) is 5.70. The van der Waals surface area contributed by atoms with Gasteiger partial charge in [-0.25, -0.2) is 0 Å². The van der Waals surface area contributed by atoms with Crippen LogP contribution in [0.1, 0.15) is 43.7 Å². The summed E-state index contributed by atoms with van der Waals surface area (Å²) in [6.45, 7) is 8.71. The van der Waals surface area contributed by atoms with E-state index in [2.05, 4.69) is 55.1 Å². The van der Waals surface area contributed by atoms with Crippen LogP contribution in [0.4, 0.5) is 0 Å². The SMILES string of the molecule is CC(C)CC[C@](O)(c1ccccc1)[C@@H](CN1CCOCC1)c1ccccc1. The second-order valence-corrected chi connectivity index (χ2v) is 8.10. The maximum Gasteiger partial charge on any atom is 0.0977 e. The molecule has 0 unspecified atom stereocenters. The van der Waals surface area contributed by atoms with Crippen molar-refractivity contribution < 1.29 is 9.84 Å². The smallest absolute Gasteiger partial charge is 0.0977 e. The Bertz CT molecular complexity index is 667. The molecule has 1 aliphatic heterocycles. The quantitative estimate of drug-likeness (QED) is 0.749. The van der Waals surface area contributed by atoms with Gasteiger partial charge in [-0.2, -0.15) is 0 Å². The molecule has 2 aromatic rings. The molecule has 0 amide bonds. The van der Waals surface area contributed by atoms with E-state index < -0.39 is 5.60 Å². The Morgan fingerprint density at radius 1 is 0.963 bits per heavy atom. The zero-order chi connectivity index (χ0) is 19.1. The molecule has 2 aromatic carbocycles. The van der Waals surface area contributed by atoms with Gasteiger partial charge in [0.25, 0.3) is 0 Å². The van der Waals surface area contributed by atoms with E-state index in [0.29, 0.717) is 5.92 Å². The molecule has 1 aliphatic rings. The van der Waals surface area contributed by atoms with Crippen molar-refractivity contribution in [2.75, 3.05) is 32.8 Å². The minimum atomic E-state index is -0.884. The van der Waals surface area contributed by atoms with Crippen LogP contribution in [-0.2, 0) is 10.3 Å². The topological polar surface area (TPSA) is 32.7 Å². The lowest BCUT2D eigenvalue weighted by atomic mass is 9.73. The van der Waals surface area contributed by atoms with Crippen molar-refractivity contribution in [3.05, 3.63) is 71.8 Å². The Morgan fingerprint density at radius 3 is 2.15 bits per heavy atom. The van der Waals surface area contributed by atoms with E-state index in [1.165, 1.54) is 5.56 Å². The summed E-state index contributed by atoms with van der Waals surface area (Å²) in [5.74, 6) is 0.581. The van der Waals surface area contributed by atoms with Gasteiger partial charge >= 0.3 is 0 Å². The third-order valence-corrected chi connectivity index (χ3v) is 5.70. The Kier molecular flexibility index (Phi) is 7.06. The highest BCUT2D eigenvalue weighted by Gasteiger charge is 2.40. The average molecular weight is 368 g/mol. The molecule has 0 saturated carbocycles. The minimum absolute atomic E-state index is 0.0259. The molecule has 1 N–H and O–H groups in total. The molecule has 3 heteroatoms. The Balaban J connectivity index is 1.98. The summed E-state index contributed by atoms with van der Waals surface area (Å²) in [7, 11) is 0. The van der Waals surface area contributed by atoms with E-state index in [0.717, 1.165) is 51.3 Å². The molecule has 1 fully saturated rings. The second-order valence-electron chi connectivity index (χ2n) is 8.10. The van der Waals surface area contributed by atoms with Crippen molar-refractivity contribution in [3.63, 3.8) is 0 Å². The van der Waals surface area contributed by atoms with Gasteiger partial charge in [-0.15, -0.1) is 0 Å². The van der Waals surface area contributed by atoms with Gasteiger partial charge in [-0.3, -0.25) is 4.90 Å². The van der Waals surface area contributed by atoms with Gasteiger partial charge in [0.2, 0.25) is 0 Å². The van der Waals surface area contributed by atoms with Gasteiger partial charge in [-0.05, 0) is 29.9 Å². The fourth-order valence-corrected chi connectivity index (χ4v) is 4.01. The fourth-order valence-electron chi connectivity index (χ4n) is 4.01. The highest BCUT2D eigenvalue weighted by atomic mass is 16.5. The summed E-state index contributed by atoms with van der Waals surface area (Å²) in [5.41, 5.74) is 1.34. The zero-order valence-corrected chi connectivity index (χ0v) is 16.7. The molecule has 0 radical (unpaired) electrons. The molecule has 0 bridgehead atoms. The molecule has 0 spiro atoms. The van der Waals surface area contributed by atoms with Gasteiger partial charge in [0.1, 0.15) is 0 Å². The summed E-state index contributed by atoms with van der Waals surface area (Å²) in [5, 5.41) is 12.1. The molecule has 0 aliphatic carbocycles. The Morgan fingerprint density at radius 2 is 1.56 bits per heavy atom. The normalized spacial score (nSPS) is 19.0. The molecule has 0 aromatic heterocycles. The number of benzene rings is 2. The molecule has 3 nitrogen and oxygen atoms in total. The van der Waals surface area contributed by atoms with Crippen LogP contribution >= 0.6 is 0 Å². The van der Waals surface area contributed by atoms with Crippen molar-refractivity contribution >= 4 is 0 Å². The van der Waals surface area contributed by atoms with Crippen LogP contribution < -0.4 is 0 Å². The van der Waals surface area contributed by atoms with Gasteiger partial charge in [-0.1, -0.05) is 74.5 Å². The number of nitrogens with zero attached hydrogens (tertiary/aromatic N) is 1. The van der Waals surface area contributed by atoms with Gasteiger partial charge < -0.3 is 9.84 Å². The number of rotatable bonds is 8. The molecular formula is C24H33NO2. The summed E-state index contributed by atoms with van der Waals surface area (Å²) in [6.07, 6.45) is 1.76. The number of ether oxygens (including phenoxy) is 1. The van der Waals surface area contributed by atoms with Crippen LogP contribution in [0.5, 0.6) is 0 Å². The van der Waals surface area contributed by atoms with Gasteiger partial charge in [0, 0.05) is 25.6 Å². The van der Waals surface area contributed by atoms with Crippen LogP contribution in [0, 0.1) is 5.92 Å². The lowest BCUT2D eigenvalue weighted by Crippen LogP contribution is -2.45. The third kappa shape index (κ3) is 5.19. The monoisotopic (exact) mass is 367 g/mol. The van der Waals surface area contributed by atoms with Crippen molar-refractivity contribution in [1.29, 1.82) is 0 Å². The zero-order valence-electron chi connectivity index (χ0n) is 16.7. The highest BCUT2D eigenvalue weighted by molar-refractivity contribution is 5.32. The van der Waals surface area contributed by atoms with Crippen LogP contribution in [0.15, 0.2) is 60.7 Å². The first-order chi connectivity index (χ1) is 13.1. The van der Waals surface area contributed by atoms with E-state index in [9.17, 15) is 5.11 Å². The summed E-state index contributed by atoms with van der Waals surface area (Å²) in [6, 6.07) is 20.8. The number of morpholine rings is 1. The molecule has 1 heterocycles. The molecule has 2 atom stereocenters. The van der Waals surface area contributed by atoms with E-state index in [-0.39, 0.29) is 5.92 Å². The van der Waals surface area contributed by atoms with Gasteiger partial charge in [0.15, 0.2) is 0 Å². The van der Waals surface area contributed by atoms with E-state index in [1.54, 1.807) is 0 Å². The number of hydrogen-bond acceptors (Lipinski definition) is 3. The standard InChI is InChI=1S/C24H33NO2/c1-20(2)13-14-24(26,22-11-7-4-8-12-22)23(21-9-5-3-6-10-21)19-25-15-17-27-18-16-25/h3-12,20,23,26H,13-19H2,1-2H3/t23-,24-/m0/s1. The average Bonchev–Trinajstić information content (AvgIpc) is 2.72. The molecule has 146 valence electrons. The summed E-state index contributed by atoms with van der Waals surface area (Å²) in [4.78, 5) is 2.43. The van der Waals surface area contributed by atoms with E-state index >= 15 is 0 Å². The van der Waals surface area contributed by atoms with Crippen molar-refractivity contribution in [1.82, 2.24) is 4.90 Å². The summed E-state index contributed by atoms with van der Waals surface area (Å²) < 4.78 is 5.53. The first kappa shape index (κ1) is 20.1. The van der Waals surface area contributed by atoms with Crippen LogP contribution in [-0.4, -0.2) is 42.9 Å². The number of aliphatic hydroxyl groups is 1. The predicted octanol–water partition coefficient (Wildman–Crippen LogP) is 4.43. The molecular weight excluding hydrogens is 334 g/mol. The first-order valence-electron chi connectivity index (χ1n) is 10.2. The maximum absolute atomic E-state index is 12.1. The fraction of sp³-hybridized carbons (Fsp3) is 0.500. The molecule has 27 heavy (non-hydrogen) atoms. The lowest BCUT2D eigenvalue weighted by Gasteiger charge is -2.41. The second kappa shape index (κ2) is 9.50. The predicted molar refractivity (Wildman–Crippen MR) is 111 cm³/mol. The maximum atomic E-state index is 12.1. The number of hydrogen-bond donors (Lipinski definition) is 1. The first-order valence-corrected chi connectivity index (χ1v) is 10.2. The van der Waals surface area contributed by atoms with Crippen LogP contribution in [0.2, 0.25) is 0 Å². The summed E-state index contributed by atoms with van der Waals surface area (Å²) >= 11 is 0. The van der Waals surface area contributed by atoms with E-state index in [1.807, 2.05) is 24.3 Å². The van der Waals surface area contributed by atoms with Crippen molar-refractivity contribution in [2.24, 2.45) is 5.92 Å². The Labute approximate surface area is 164 Å². The van der Waals surface area contributed by atoms with Crippen molar-refractivity contribution in [2.45, 2.75) is 38.2 Å². The molecule has 3 rings (SSSR count). The van der Waals surface area contributed by atoms with Gasteiger partial charge in [0.05, 0.1) is 18.8 Å².